The second-order valence-corrected chi connectivity index (χ2v) is 6.63. The second kappa shape index (κ2) is 9.34. The Hall–Kier alpha value is -3.48. The van der Waals surface area contributed by atoms with Crippen LogP contribution in [-0.2, 0) is 0 Å². The Morgan fingerprint density at radius 1 is 1.03 bits per heavy atom. The molecule has 0 spiro atoms. The van der Waals surface area contributed by atoms with Crippen LogP contribution in [0, 0.1) is 11.6 Å². The fourth-order valence-electron chi connectivity index (χ4n) is 2.43. The lowest BCUT2D eigenvalue weighted by atomic mass is 10.2. The Morgan fingerprint density at radius 3 is 2.44 bits per heavy atom. The topological polar surface area (TPSA) is 82.6 Å². The van der Waals surface area contributed by atoms with Crippen molar-refractivity contribution >= 4 is 27.7 Å². The summed E-state index contributed by atoms with van der Waals surface area (Å²) in [5.41, 5.74) is -0.583. The van der Waals surface area contributed by atoms with Crippen LogP contribution in [-0.4, -0.2) is 29.3 Å². The van der Waals surface area contributed by atoms with Gasteiger partial charge in [0.05, 0.1) is 19.5 Å². The Balaban J connectivity index is 1.90. The molecule has 1 amide bonds. The molecule has 0 saturated heterocycles. The first kappa shape index (κ1) is 23.2. The van der Waals surface area contributed by atoms with Crippen LogP contribution in [0.4, 0.5) is 27.8 Å². The number of amides is 1. The van der Waals surface area contributed by atoms with Crippen LogP contribution >= 0.6 is 15.9 Å². The third-order valence-electron chi connectivity index (χ3n) is 3.73. The van der Waals surface area contributed by atoms with E-state index in [1.165, 1.54) is 0 Å². The molecule has 0 fully saturated rings. The minimum absolute atomic E-state index is 0.0864. The molecule has 2 aromatic heterocycles. The van der Waals surface area contributed by atoms with Crippen LogP contribution in [0.5, 0.6) is 23.0 Å². The maximum absolute atomic E-state index is 14.4. The quantitative estimate of drug-likeness (QED) is 0.343. The molecule has 0 aliphatic rings. The van der Waals surface area contributed by atoms with Gasteiger partial charge in [0.15, 0.2) is 28.9 Å². The number of pyridine rings is 2. The largest absolute Gasteiger partial charge is 0.573 e. The van der Waals surface area contributed by atoms with Gasteiger partial charge in [0.1, 0.15) is 21.7 Å². The molecule has 0 aliphatic carbocycles. The lowest BCUT2D eigenvalue weighted by molar-refractivity contribution is -0.274. The Bertz CT molecular complexity index is 1160. The summed E-state index contributed by atoms with van der Waals surface area (Å²) in [5.74, 6) is -4.10. The zero-order valence-electron chi connectivity index (χ0n) is 15.8. The number of rotatable bonds is 6. The normalized spacial score (nSPS) is 11.1. The number of carbonyl (C=O) groups excluding carboxylic acids is 1. The SMILES string of the molecule is COc1cc(OC(F)(F)F)ccc1Oc1cncc(F)c1C(=O)Nc1ccc(F)c(Br)n1. The van der Waals surface area contributed by atoms with Crippen molar-refractivity contribution in [2.75, 3.05) is 12.4 Å². The van der Waals surface area contributed by atoms with Gasteiger partial charge in [-0.1, -0.05) is 0 Å². The van der Waals surface area contributed by atoms with E-state index in [2.05, 4.69) is 36.0 Å². The average Bonchev–Trinajstić information content (AvgIpc) is 2.70. The van der Waals surface area contributed by atoms with Gasteiger partial charge in [0.25, 0.3) is 5.91 Å². The number of carbonyl (C=O) groups is 1. The molecule has 3 rings (SSSR count). The summed E-state index contributed by atoms with van der Waals surface area (Å²) in [6.45, 7) is 0. The Kier molecular flexibility index (Phi) is 6.77. The van der Waals surface area contributed by atoms with Crippen LogP contribution in [0.2, 0.25) is 0 Å². The van der Waals surface area contributed by atoms with E-state index < -0.39 is 35.2 Å². The molecule has 0 atom stereocenters. The van der Waals surface area contributed by atoms with Crippen molar-refractivity contribution in [2.45, 2.75) is 6.36 Å². The predicted octanol–water partition coefficient (Wildman–Crippen LogP) is 5.47. The van der Waals surface area contributed by atoms with Crippen LogP contribution in [0.15, 0.2) is 47.3 Å². The number of hydrogen-bond donors (Lipinski definition) is 1. The van der Waals surface area contributed by atoms with E-state index in [0.29, 0.717) is 0 Å². The standard InChI is InChI=1S/C19H11BrF5N3O4/c1-30-13-6-9(32-19(23,24)25)2-4-12(13)31-14-8-26-7-11(22)16(14)18(29)28-15-5-3-10(21)17(20)27-15/h2-8H,1H3,(H,27,28,29). The molecular formula is C19H11BrF5N3O4. The van der Waals surface area contributed by atoms with Gasteiger partial charge in [-0.15, -0.1) is 13.2 Å². The molecule has 2 heterocycles. The fraction of sp³-hybridized carbons (Fsp3) is 0.105. The molecule has 0 radical (unpaired) electrons. The fourth-order valence-corrected chi connectivity index (χ4v) is 2.75. The highest BCUT2D eigenvalue weighted by atomic mass is 79.9. The van der Waals surface area contributed by atoms with Crippen molar-refractivity contribution in [1.82, 2.24) is 9.97 Å². The van der Waals surface area contributed by atoms with E-state index in [0.717, 1.165) is 49.8 Å². The van der Waals surface area contributed by atoms with Gasteiger partial charge in [0, 0.05) is 6.07 Å². The summed E-state index contributed by atoms with van der Waals surface area (Å²) in [6, 6.07) is 5.10. The molecular weight excluding hydrogens is 509 g/mol. The van der Waals surface area contributed by atoms with Crippen molar-refractivity contribution in [1.29, 1.82) is 0 Å². The lowest BCUT2D eigenvalue weighted by Gasteiger charge is -2.15. The Labute approximate surface area is 185 Å². The number of aromatic nitrogens is 2. The van der Waals surface area contributed by atoms with Gasteiger partial charge >= 0.3 is 6.36 Å². The molecule has 1 N–H and O–H groups in total. The monoisotopic (exact) mass is 519 g/mol. The van der Waals surface area contributed by atoms with E-state index in [4.69, 9.17) is 9.47 Å². The summed E-state index contributed by atoms with van der Waals surface area (Å²) in [5, 5.41) is 2.29. The number of ether oxygens (including phenoxy) is 3. The maximum Gasteiger partial charge on any atom is 0.573 e. The zero-order valence-corrected chi connectivity index (χ0v) is 17.4. The van der Waals surface area contributed by atoms with Crippen LogP contribution < -0.4 is 19.5 Å². The highest BCUT2D eigenvalue weighted by Crippen LogP contribution is 2.37. The van der Waals surface area contributed by atoms with E-state index in [1.807, 2.05) is 0 Å². The highest BCUT2D eigenvalue weighted by molar-refractivity contribution is 9.10. The minimum Gasteiger partial charge on any atom is -0.493 e. The van der Waals surface area contributed by atoms with Gasteiger partial charge < -0.3 is 19.5 Å². The number of halogens is 6. The number of methoxy groups -OCH3 is 1. The second-order valence-electron chi connectivity index (χ2n) is 5.88. The summed E-state index contributed by atoms with van der Waals surface area (Å²) in [4.78, 5) is 20.0. The predicted molar refractivity (Wildman–Crippen MR) is 104 cm³/mol. The van der Waals surface area contributed by atoms with Crippen molar-refractivity contribution < 1.29 is 41.0 Å². The van der Waals surface area contributed by atoms with E-state index >= 15 is 0 Å². The number of anilines is 1. The third kappa shape index (κ3) is 5.60. The van der Waals surface area contributed by atoms with Gasteiger partial charge in [-0.05, 0) is 40.2 Å². The molecule has 13 heteroatoms. The molecule has 0 aliphatic heterocycles. The molecule has 0 bridgehead atoms. The maximum atomic E-state index is 14.4. The molecule has 0 saturated carbocycles. The first-order chi connectivity index (χ1) is 15.1. The molecule has 32 heavy (non-hydrogen) atoms. The van der Waals surface area contributed by atoms with Crippen LogP contribution in [0.25, 0.3) is 0 Å². The molecule has 0 unspecified atom stereocenters. The number of hydrogen-bond acceptors (Lipinski definition) is 6. The summed E-state index contributed by atoms with van der Waals surface area (Å²) in [7, 11) is 1.16. The van der Waals surface area contributed by atoms with E-state index in [-0.39, 0.29) is 27.7 Å². The van der Waals surface area contributed by atoms with E-state index in [1.54, 1.807) is 0 Å². The molecule has 7 nitrogen and oxygen atoms in total. The van der Waals surface area contributed by atoms with Gasteiger partial charge in [-0.3, -0.25) is 9.78 Å². The average molecular weight is 520 g/mol. The van der Waals surface area contributed by atoms with Gasteiger partial charge in [-0.2, -0.15) is 0 Å². The van der Waals surface area contributed by atoms with Crippen LogP contribution in [0.3, 0.4) is 0 Å². The smallest absolute Gasteiger partial charge is 0.493 e. The minimum atomic E-state index is -4.92. The highest BCUT2D eigenvalue weighted by Gasteiger charge is 2.31. The van der Waals surface area contributed by atoms with Crippen molar-refractivity contribution in [2.24, 2.45) is 0 Å². The molecule has 3 aromatic rings. The Morgan fingerprint density at radius 2 is 1.78 bits per heavy atom. The number of nitrogens with zero attached hydrogens (tertiary/aromatic N) is 2. The first-order valence-corrected chi connectivity index (χ1v) is 9.25. The number of nitrogens with one attached hydrogen (secondary N) is 1. The van der Waals surface area contributed by atoms with Crippen LogP contribution in [0.1, 0.15) is 10.4 Å². The van der Waals surface area contributed by atoms with Crippen molar-refractivity contribution in [3.63, 3.8) is 0 Å². The third-order valence-corrected chi connectivity index (χ3v) is 4.28. The van der Waals surface area contributed by atoms with Gasteiger partial charge in [-0.25, -0.2) is 13.8 Å². The molecule has 1 aromatic carbocycles. The number of alkyl halides is 3. The molecule has 168 valence electrons. The van der Waals surface area contributed by atoms with Gasteiger partial charge in [0.2, 0.25) is 0 Å². The summed E-state index contributed by atoms with van der Waals surface area (Å²) >= 11 is 2.86. The zero-order chi connectivity index (χ0) is 23.5. The lowest BCUT2D eigenvalue weighted by Crippen LogP contribution is -2.17. The van der Waals surface area contributed by atoms with E-state index in [9.17, 15) is 26.7 Å². The summed E-state index contributed by atoms with van der Waals surface area (Å²) in [6.07, 6.45) is -3.15. The van der Waals surface area contributed by atoms with Crippen molar-refractivity contribution in [3.8, 4) is 23.0 Å². The number of benzene rings is 1. The summed E-state index contributed by atoms with van der Waals surface area (Å²) < 4.78 is 79.1. The first-order valence-electron chi connectivity index (χ1n) is 8.46. The van der Waals surface area contributed by atoms with Crippen molar-refractivity contribution in [3.05, 3.63) is 64.5 Å².